The Labute approximate surface area is 105 Å². The molecule has 0 bridgehead atoms. The van der Waals surface area contributed by atoms with Gasteiger partial charge in [-0.05, 0) is 31.5 Å². The maximum absolute atomic E-state index is 13.1. The summed E-state index contributed by atoms with van der Waals surface area (Å²) in [7, 11) is 0. The van der Waals surface area contributed by atoms with Gasteiger partial charge in [0, 0.05) is 13.0 Å². The van der Waals surface area contributed by atoms with Crippen LogP contribution in [0.2, 0.25) is 0 Å². The first-order valence-electron chi connectivity index (χ1n) is 5.64. The molecule has 0 radical (unpaired) electrons. The van der Waals surface area contributed by atoms with Crippen molar-refractivity contribution in [3.05, 3.63) is 35.6 Å². The molecule has 0 heterocycles. The highest BCUT2D eigenvalue weighted by Gasteiger charge is 2.38. The van der Waals surface area contributed by atoms with E-state index in [2.05, 4.69) is 0 Å². The number of aliphatic carboxylic acids is 1. The lowest BCUT2D eigenvalue weighted by atomic mass is 9.91. The fraction of sp³-hybridized carbons (Fsp3) is 0.385. The Morgan fingerprint density at radius 2 is 2.22 bits per heavy atom. The maximum atomic E-state index is 13.1. The van der Waals surface area contributed by atoms with Gasteiger partial charge in [-0.15, -0.1) is 0 Å². The maximum Gasteiger partial charge on any atom is 0.329 e. The summed E-state index contributed by atoms with van der Waals surface area (Å²) >= 11 is 0. The second kappa shape index (κ2) is 5.62. The van der Waals surface area contributed by atoms with Gasteiger partial charge in [0.1, 0.15) is 11.4 Å². The van der Waals surface area contributed by atoms with Gasteiger partial charge in [-0.1, -0.05) is 12.1 Å². The first-order chi connectivity index (χ1) is 8.43. The van der Waals surface area contributed by atoms with Crippen molar-refractivity contribution in [1.29, 1.82) is 0 Å². The lowest BCUT2D eigenvalue weighted by Crippen LogP contribution is -2.53. The predicted octanol–water partition coefficient (Wildman–Crippen LogP) is 1.69. The molecule has 1 atom stereocenters. The summed E-state index contributed by atoms with van der Waals surface area (Å²) in [6.45, 7) is 3.43. The third-order valence-corrected chi connectivity index (χ3v) is 3.00. The van der Waals surface area contributed by atoms with E-state index in [4.69, 9.17) is 0 Å². The van der Waals surface area contributed by atoms with Crippen LogP contribution in [0.3, 0.4) is 0 Å². The minimum absolute atomic E-state index is 0.0622. The van der Waals surface area contributed by atoms with Crippen LogP contribution in [-0.4, -0.2) is 34.5 Å². The minimum Gasteiger partial charge on any atom is -0.479 e. The van der Waals surface area contributed by atoms with Gasteiger partial charge >= 0.3 is 5.97 Å². The highest BCUT2D eigenvalue weighted by molar-refractivity contribution is 5.81. The number of carbonyl (C=O) groups excluding carboxylic acids is 1. The van der Waals surface area contributed by atoms with Crippen LogP contribution in [0.4, 0.5) is 4.39 Å². The number of carboxylic acid groups (broad SMARTS) is 1. The summed E-state index contributed by atoms with van der Waals surface area (Å²) in [4.78, 5) is 23.5. The number of rotatable bonds is 6. The molecule has 0 aromatic heterocycles. The minimum atomic E-state index is -1.37. The predicted molar refractivity (Wildman–Crippen MR) is 64.6 cm³/mol. The number of hydrogen-bond donors (Lipinski definition) is 1. The van der Waals surface area contributed by atoms with Gasteiger partial charge in [0.15, 0.2) is 0 Å². The van der Waals surface area contributed by atoms with Crippen LogP contribution in [0, 0.1) is 5.82 Å². The van der Waals surface area contributed by atoms with Crippen LogP contribution < -0.4 is 0 Å². The molecule has 98 valence electrons. The van der Waals surface area contributed by atoms with Gasteiger partial charge in [0.25, 0.3) is 0 Å². The summed E-state index contributed by atoms with van der Waals surface area (Å²) in [6, 6.07) is 5.73. The molecular weight excluding hydrogens is 237 g/mol. The number of carboxylic acids is 1. The summed E-state index contributed by atoms with van der Waals surface area (Å²) in [5, 5.41) is 9.30. The molecule has 0 aliphatic heterocycles. The number of nitrogens with zero attached hydrogens (tertiary/aromatic N) is 1. The normalized spacial score (nSPS) is 13.7. The molecule has 1 aromatic rings. The fourth-order valence-corrected chi connectivity index (χ4v) is 1.88. The van der Waals surface area contributed by atoms with E-state index in [1.54, 1.807) is 13.0 Å². The lowest BCUT2D eigenvalue weighted by Gasteiger charge is -2.34. The number of halogens is 1. The summed E-state index contributed by atoms with van der Waals surface area (Å²) in [6.07, 6.45) is 0.570. The van der Waals surface area contributed by atoms with Crippen molar-refractivity contribution >= 4 is 12.4 Å². The Balaban J connectivity index is 3.06. The standard InChI is InChI=1S/C13H16FNO3/c1-3-15(9-16)13(2,12(17)18)8-10-5-4-6-11(14)7-10/h4-7,9H,3,8H2,1-2H3,(H,17,18). The number of amides is 1. The molecule has 0 saturated carbocycles. The Hall–Kier alpha value is -1.91. The van der Waals surface area contributed by atoms with E-state index in [0.717, 1.165) is 0 Å². The smallest absolute Gasteiger partial charge is 0.329 e. The van der Waals surface area contributed by atoms with E-state index >= 15 is 0 Å². The molecule has 0 fully saturated rings. The van der Waals surface area contributed by atoms with Crippen molar-refractivity contribution in [2.24, 2.45) is 0 Å². The molecule has 4 nitrogen and oxygen atoms in total. The van der Waals surface area contributed by atoms with Crippen LogP contribution in [0.1, 0.15) is 19.4 Å². The van der Waals surface area contributed by atoms with Crippen molar-refractivity contribution in [2.75, 3.05) is 6.54 Å². The Morgan fingerprint density at radius 3 is 2.67 bits per heavy atom. The number of benzene rings is 1. The third kappa shape index (κ3) is 2.85. The van der Waals surface area contributed by atoms with E-state index < -0.39 is 17.3 Å². The molecule has 1 N–H and O–H groups in total. The zero-order valence-electron chi connectivity index (χ0n) is 10.4. The number of carbonyl (C=O) groups is 2. The highest BCUT2D eigenvalue weighted by atomic mass is 19.1. The molecule has 1 rings (SSSR count). The van der Waals surface area contributed by atoms with E-state index in [9.17, 15) is 19.1 Å². The molecule has 0 saturated heterocycles. The van der Waals surface area contributed by atoms with Crippen LogP contribution in [0.5, 0.6) is 0 Å². The molecule has 1 aromatic carbocycles. The van der Waals surface area contributed by atoms with Crippen LogP contribution in [0.15, 0.2) is 24.3 Å². The molecule has 5 heteroatoms. The Kier molecular flexibility index (Phi) is 4.42. The molecule has 1 amide bonds. The van der Waals surface area contributed by atoms with Gasteiger partial charge in [0.05, 0.1) is 0 Å². The SMILES string of the molecule is CCN(C=O)C(C)(Cc1cccc(F)c1)C(=O)O. The number of hydrogen-bond acceptors (Lipinski definition) is 2. The van der Waals surface area contributed by atoms with E-state index in [1.807, 2.05) is 0 Å². The Bertz CT molecular complexity index is 450. The second-order valence-corrected chi connectivity index (χ2v) is 4.28. The lowest BCUT2D eigenvalue weighted by molar-refractivity contribution is -0.153. The van der Waals surface area contributed by atoms with Crippen molar-refractivity contribution < 1.29 is 19.1 Å². The first-order valence-corrected chi connectivity index (χ1v) is 5.64. The average molecular weight is 253 g/mol. The molecule has 18 heavy (non-hydrogen) atoms. The van der Waals surface area contributed by atoms with Gasteiger partial charge < -0.3 is 10.0 Å². The van der Waals surface area contributed by atoms with E-state index in [1.165, 1.54) is 30.0 Å². The van der Waals surface area contributed by atoms with Crippen LogP contribution in [0.25, 0.3) is 0 Å². The van der Waals surface area contributed by atoms with Crippen molar-refractivity contribution in [2.45, 2.75) is 25.8 Å². The zero-order valence-corrected chi connectivity index (χ0v) is 10.4. The topological polar surface area (TPSA) is 57.6 Å². The fourth-order valence-electron chi connectivity index (χ4n) is 1.88. The van der Waals surface area contributed by atoms with Gasteiger partial charge in [-0.25, -0.2) is 9.18 Å². The molecule has 1 unspecified atom stereocenters. The first kappa shape index (κ1) is 14.2. The monoisotopic (exact) mass is 253 g/mol. The summed E-state index contributed by atoms with van der Waals surface area (Å²) < 4.78 is 13.1. The molecular formula is C13H16FNO3. The largest absolute Gasteiger partial charge is 0.479 e. The average Bonchev–Trinajstić information content (AvgIpc) is 2.30. The number of likely N-dealkylation sites (N-methyl/N-ethyl adjacent to an activating group) is 1. The van der Waals surface area contributed by atoms with Crippen molar-refractivity contribution in [1.82, 2.24) is 4.90 Å². The zero-order chi connectivity index (χ0) is 13.8. The van der Waals surface area contributed by atoms with Gasteiger partial charge in [-0.2, -0.15) is 0 Å². The molecule has 0 spiro atoms. The van der Waals surface area contributed by atoms with Crippen molar-refractivity contribution in [3.63, 3.8) is 0 Å². The van der Waals surface area contributed by atoms with Crippen molar-refractivity contribution in [3.8, 4) is 0 Å². The third-order valence-electron chi connectivity index (χ3n) is 3.00. The molecule has 0 aliphatic carbocycles. The second-order valence-electron chi connectivity index (χ2n) is 4.28. The van der Waals surface area contributed by atoms with Crippen LogP contribution >= 0.6 is 0 Å². The van der Waals surface area contributed by atoms with Gasteiger partial charge in [-0.3, -0.25) is 4.79 Å². The summed E-state index contributed by atoms with van der Waals surface area (Å²) in [5.74, 6) is -1.53. The van der Waals surface area contributed by atoms with E-state index in [0.29, 0.717) is 12.0 Å². The highest BCUT2D eigenvalue weighted by Crippen LogP contribution is 2.20. The summed E-state index contributed by atoms with van der Waals surface area (Å²) in [5.41, 5.74) is -0.829. The van der Waals surface area contributed by atoms with E-state index in [-0.39, 0.29) is 13.0 Å². The Morgan fingerprint density at radius 1 is 1.56 bits per heavy atom. The van der Waals surface area contributed by atoms with Crippen LogP contribution in [-0.2, 0) is 16.0 Å². The molecule has 0 aliphatic rings. The quantitative estimate of drug-likeness (QED) is 0.785. The van der Waals surface area contributed by atoms with Gasteiger partial charge in [0.2, 0.25) is 6.41 Å².